The molecule has 0 spiro atoms. The molecular weight excluding hydrogens is 400 g/mol. The molecular formula is C18H24N4O8. The number of aromatic hydroxyl groups is 1. The van der Waals surface area contributed by atoms with Crippen LogP contribution in [-0.2, 0) is 30.4 Å². The lowest BCUT2D eigenvalue weighted by Gasteiger charge is -2.20. The molecule has 0 radical (unpaired) electrons. The van der Waals surface area contributed by atoms with Gasteiger partial charge in [-0.2, -0.15) is 0 Å². The number of phenols is 1. The van der Waals surface area contributed by atoms with E-state index in [0.29, 0.717) is 5.56 Å². The molecule has 3 atom stereocenters. The number of hydrogen-bond donors (Lipinski definition) is 7. The molecule has 3 unspecified atom stereocenters. The maximum absolute atomic E-state index is 12.5. The summed E-state index contributed by atoms with van der Waals surface area (Å²) in [5.41, 5.74) is 6.07. The second kappa shape index (κ2) is 11.4. The normalized spacial score (nSPS) is 13.4. The van der Waals surface area contributed by atoms with Crippen LogP contribution in [0.25, 0.3) is 0 Å². The minimum Gasteiger partial charge on any atom is -0.508 e. The van der Waals surface area contributed by atoms with Crippen LogP contribution in [0, 0.1) is 0 Å². The van der Waals surface area contributed by atoms with Gasteiger partial charge in [0.25, 0.3) is 0 Å². The Morgan fingerprint density at radius 1 is 1.00 bits per heavy atom. The standard InChI is InChI=1S/C18H24N4O8/c1-9(18(29)30)21-14(24)8-20-17(28)13(6-10-2-4-11(23)5-3-10)22-16(27)12(19)7-15(25)26/h2-5,9,12-13,23H,6-8,19H2,1H3,(H,20,28)(H,21,24)(H,22,27)(H,25,26)(H,29,30). The minimum atomic E-state index is -1.39. The predicted molar refractivity (Wildman–Crippen MR) is 102 cm³/mol. The summed E-state index contributed by atoms with van der Waals surface area (Å²) in [5.74, 6) is -4.94. The summed E-state index contributed by atoms with van der Waals surface area (Å²) in [6, 6.07) is 2.03. The zero-order valence-electron chi connectivity index (χ0n) is 16.1. The Labute approximate surface area is 171 Å². The number of carboxylic acids is 2. The molecule has 12 nitrogen and oxygen atoms in total. The van der Waals surface area contributed by atoms with E-state index >= 15 is 0 Å². The van der Waals surface area contributed by atoms with Crippen LogP contribution in [-0.4, -0.2) is 69.7 Å². The third-order valence-electron chi connectivity index (χ3n) is 3.91. The summed E-state index contributed by atoms with van der Waals surface area (Å²) in [6.45, 7) is 0.708. The molecule has 0 saturated heterocycles. The summed E-state index contributed by atoms with van der Waals surface area (Å²) < 4.78 is 0. The van der Waals surface area contributed by atoms with E-state index < -0.39 is 60.8 Å². The predicted octanol–water partition coefficient (Wildman–Crippen LogP) is -2.07. The van der Waals surface area contributed by atoms with Crippen molar-refractivity contribution in [3.8, 4) is 5.75 Å². The zero-order chi connectivity index (χ0) is 22.8. The van der Waals surface area contributed by atoms with E-state index in [1.807, 2.05) is 0 Å². The third kappa shape index (κ3) is 8.56. The number of aliphatic carboxylic acids is 2. The molecule has 1 aromatic carbocycles. The van der Waals surface area contributed by atoms with Crippen molar-refractivity contribution in [1.29, 1.82) is 0 Å². The van der Waals surface area contributed by atoms with Crippen molar-refractivity contribution in [2.75, 3.05) is 6.54 Å². The highest BCUT2D eigenvalue weighted by molar-refractivity contribution is 5.93. The number of carboxylic acid groups (broad SMARTS) is 2. The van der Waals surface area contributed by atoms with Gasteiger partial charge in [0, 0.05) is 6.42 Å². The molecule has 3 amide bonds. The molecule has 1 aromatic rings. The smallest absolute Gasteiger partial charge is 0.325 e. The fourth-order valence-electron chi connectivity index (χ4n) is 2.28. The lowest BCUT2D eigenvalue weighted by Crippen LogP contribution is -2.54. The average molecular weight is 424 g/mol. The first-order chi connectivity index (χ1) is 14.0. The second-order valence-electron chi connectivity index (χ2n) is 6.48. The van der Waals surface area contributed by atoms with E-state index in [1.54, 1.807) is 0 Å². The van der Waals surface area contributed by atoms with Crippen molar-refractivity contribution < 1.29 is 39.3 Å². The topological polar surface area (TPSA) is 208 Å². The van der Waals surface area contributed by atoms with Gasteiger partial charge in [-0.15, -0.1) is 0 Å². The number of carbonyl (C=O) groups is 5. The lowest BCUT2D eigenvalue weighted by atomic mass is 10.0. The van der Waals surface area contributed by atoms with Crippen LogP contribution in [0.3, 0.4) is 0 Å². The van der Waals surface area contributed by atoms with Crippen LogP contribution in [0.2, 0.25) is 0 Å². The van der Waals surface area contributed by atoms with Crippen LogP contribution in [0.15, 0.2) is 24.3 Å². The SMILES string of the molecule is CC(NC(=O)CNC(=O)C(Cc1ccc(O)cc1)NC(=O)C(N)CC(=O)O)C(=O)O. The monoisotopic (exact) mass is 424 g/mol. The number of amides is 3. The van der Waals surface area contributed by atoms with Gasteiger partial charge in [-0.1, -0.05) is 12.1 Å². The Morgan fingerprint density at radius 3 is 2.13 bits per heavy atom. The molecule has 0 aromatic heterocycles. The van der Waals surface area contributed by atoms with Gasteiger partial charge < -0.3 is 37.0 Å². The summed E-state index contributed by atoms with van der Waals surface area (Å²) in [5, 5.41) is 33.6. The quantitative estimate of drug-likeness (QED) is 0.208. The largest absolute Gasteiger partial charge is 0.508 e. The summed E-state index contributed by atoms with van der Waals surface area (Å²) >= 11 is 0. The van der Waals surface area contributed by atoms with Crippen molar-refractivity contribution in [3.05, 3.63) is 29.8 Å². The van der Waals surface area contributed by atoms with E-state index in [4.69, 9.17) is 15.9 Å². The Hall–Kier alpha value is -3.67. The van der Waals surface area contributed by atoms with Gasteiger partial charge in [0.15, 0.2) is 0 Å². The number of rotatable bonds is 11. The number of hydrogen-bond acceptors (Lipinski definition) is 7. The molecule has 1 rings (SSSR count). The van der Waals surface area contributed by atoms with Crippen LogP contribution in [0.1, 0.15) is 18.9 Å². The Kier molecular flexibility index (Phi) is 9.23. The highest BCUT2D eigenvalue weighted by Gasteiger charge is 2.26. The fraction of sp³-hybridized carbons (Fsp3) is 0.389. The van der Waals surface area contributed by atoms with E-state index in [-0.39, 0.29) is 12.2 Å². The number of carbonyl (C=O) groups excluding carboxylic acids is 3. The van der Waals surface area contributed by atoms with Gasteiger partial charge >= 0.3 is 11.9 Å². The molecule has 8 N–H and O–H groups in total. The highest BCUT2D eigenvalue weighted by atomic mass is 16.4. The maximum atomic E-state index is 12.5. The third-order valence-corrected chi connectivity index (χ3v) is 3.91. The molecule has 0 heterocycles. The highest BCUT2D eigenvalue weighted by Crippen LogP contribution is 2.11. The molecule has 0 saturated carbocycles. The number of benzene rings is 1. The summed E-state index contributed by atoms with van der Waals surface area (Å²) in [6.07, 6.45) is -0.681. The van der Waals surface area contributed by atoms with Crippen LogP contribution < -0.4 is 21.7 Å². The molecule has 0 aliphatic carbocycles. The molecule has 0 aliphatic heterocycles. The second-order valence-corrected chi connectivity index (χ2v) is 6.48. The summed E-state index contributed by atoms with van der Waals surface area (Å²) in [7, 11) is 0. The Bertz CT molecular complexity index is 796. The van der Waals surface area contributed by atoms with Gasteiger partial charge in [0.1, 0.15) is 17.8 Å². The molecule has 12 heteroatoms. The van der Waals surface area contributed by atoms with Gasteiger partial charge in [-0.3, -0.25) is 24.0 Å². The molecule has 164 valence electrons. The lowest BCUT2D eigenvalue weighted by molar-refractivity contribution is -0.141. The molecule has 30 heavy (non-hydrogen) atoms. The van der Waals surface area contributed by atoms with Crippen LogP contribution in [0.4, 0.5) is 0 Å². The zero-order valence-corrected chi connectivity index (χ0v) is 16.1. The number of phenolic OH excluding ortho intramolecular Hbond substituents is 1. The van der Waals surface area contributed by atoms with E-state index in [9.17, 15) is 29.1 Å². The van der Waals surface area contributed by atoms with Crippen molar-refractivity contribution >= 4 is 29.7 Å². The van der Waals surface area contributed by atoms with E-state index in [1.165, 1.54) is 31.2 Å². The Balaban J connectivity index is 2.82. The maximum Gasteiger partial charge on any atom is 0.325 e. The number of nitrogens with one attached hydrogen (secondary N) is 3. The first-order valence-corrected chi connectivity index (χ1v) is 8.85. The van der Waals surface area contributed by atoms with Crippen molar-refractivity contribution in [2.24, 2.45) is 5.73 Å². The van der Waals surface area contributed by atoms with Crippen molar-refractivity contribution in [2.45, 2.75) is 37.9 Å². The summed E-state index contributed by atoms with van der Waals surface area (Å²) in [4.78, 5) is 57.8. The first-order valence-electron chi connectivity index (χ1n) is 8.85. The minimum absolute atomic E-state index is 0.00325. The van der Waals surface area contributed by atoms with Gasteiger partial charge in [-0.25, -0.2) is 0 Å². The molecule has 0 fully saturated rings. The molecule has 0 bridgehead atoms. The van der Waals surface area contributed by atoms with Crippen molar-refractivity contribution in [1.82, 2.24) is 16.0 Å². The van der Waals surface area contributed by atoms with E-state index in [0.717, 1.165) is 0 Å². The average Bonchev–Trinajstić information content (AvgIpc) is 2.66. The van der Waals surface area contributed by atoms with Gasteiger partial charge in [-0.05, 0) is 24.6 Å². The van der Waals surface area contributed by atoms with Gasteiger partial charge in [0.05, 0.1) is 19.0 Å². The van der Waals surface area contributed by atoms with Gasteiger partial charge in [0.2, 0.25) is 17.7 Å². The first kappa shape index (κ1) is 24.4. The van der Waals surface area contributed by atoms with Crippen LogP contribution in [0.5, 0.6) is 5.75 Å². The molecule has 0 aliphatic rings. The van der Waals surface area contributed by atoms with Crippen LogP contribution >= 0.6 is 0 Å². The number of nitrogens with two attached hydrogens (primary N) is 1. The van der Waals surface area contributed by atoms with Crippen molar-refractivity contribution in [3.63, 3.8) is 0 Å². The van der Waals surface area contributed by atoms with E-state index in [2.05, 4.69) is 16.0 Å². The fourth-order valence-corrected chi connectivity index (χ4v) is 2.28. The Morgan fingerprint density at radius 2 is 1.60 bits per heavy atom.